The van der Waals surface area contributed by atoms with E-state index in [1.165, 1.54) is 18.5 Å². The monoisotopic (exact) mass is 299 g/mol. The maximum Gasteiger partial charge on any atom is 0.0635 e. The van der Waals surface area contributed by atoms with E-state index in [2.05, 4.69) is 51.8 Å². The molecular formula is C13H22BrN3. The van der Waals surface area contributed by atoms with Crippen molar-refractivity contribution in [1.82, 2.24) is 15.1 Å². The predicted molar refractivity (Wildman–Crippen MR) is 74.2 cm³/mol. The van der Waals surface area contributed by atoms with E-state index in [1.807, 2.05) is 6.20 Å². The van der Waals surface area contributed by atoms with Crippen molar-refractivity contribution in [3.05, 3.63) is 16.4 Å². The lowest BCUT2D eigenvalue weighted by Gasteiger charge is -2.28. The number of nitrogens with zero attached hydrogens (tertiary/aromatic N) is 2. The summed E-state index contributed by atoms with van der Waals surface area (Å²) in [5.74, 6) is 0.824. The molecule has 1 N–H and O–H groups in total. The molecule has 1 aliphatic rings. The molecule has 0 spiro atoms. The van der Waals surface area contributed by atoms with Gasteiger partial charge in [-0.3, -0.25) is 4.68 Å². The normalized spacial score (nSPS) is 25.5. The first-order chi connectivity index (χ1) is 8.08. The summed E-state index contributed by atoms with van der Waals surface area (Å²) >= 11 is 3.61. The van der Waals surface area contributed by atoms with Crippen LogP contribution in [-0.2, 0) is 6.42 Å². The van der Waals surface area contributed by atoms with Crippen molar-refractivity contribution in [3.8, 4) is 0 Å². The standard InChI is InChI=1S/C13H22BrN3/c1-9(2)17-13(12(14)8-16-17)6-11-5-4-10(3)7-15-11/h8-11,15H,4-7H2,1-3H3. The van der Waals surface area contributed by atoms with Crippen LogP contribution in [0.15, 0.2) is 10.7 Å². The van der Waals surface area contributed by atoms with Gasteiger partial charge in [-0.1, -0.05) is 6.92 Å². The molecule has 2 heterocycles. The van der Waals surface area contributed by atoms with Gasteiger partial charge in [-0.05, 0) is 55.1 Å². The highest BCUT2D eigenvalue weighted by Gasteiger charge is 2.21. The zero-order valence-corrected chi connectivity index (χ0v) is 12.5. The summed E-state index contributed by atoms with van der Waals surface area (Å²) in [7, 11) is 0. The minimum Gasteiger partial charge on any atom is -0.313 e. The third kappa shape index (κ3) is 3.10. The molecule has 17 heavy (non-hydrogen) atoms. The first kappa shape index (κ1) is 13.1. The molecule has 2 unspecified atom stereocenters. The van der Waals surface area contributed by atoms with Gasteiger partial charge in [-0.25, -0.2) is 0 Å². The molecule has 0 aliphatic carbocycles. The molecule has 3 nitrogen and oxygen atoms in total. The SMILES string of the molecule is CC1CCC(Cc2c(Br)cnn2C(C)C)NC1. The lowest BCUT2D eigenvalue weighted by molar-refractivity contribution is 0.320. The number of aromatic nitrogens is 2. The van der Waals surface area contributed by atoms with Crippen LogP contribution in [0.3, 0.4) is 0 Å². The number of rotatable bonds is 3. The first-order valence-electron chi connectivity index (χ1n) is 6.53. The van der Waals surface area contributed by atoms with Crippen LogP contribution in [0.1, 0.15) is 45.3 Å². The Balaban J connectivity index is 2.05. The number of hydrogen-bond acceptors (Lipinski definition) is 2. The maximum atomic E-state index is 4.44. The van der Waals surface area contributed by atoms with E-state index in [0.29, 0.717) is 12.1 Å². The van der Waals surface area contributed by atoms with E-state index >= 15 is 0 Å². The molecule has 1 aromatic rings. The molecule has 0 aromatic carbocycles. The Morgan fingerprint density at radius 1 is 1.53 bits per heavy atom. The Morgan fingerprint density at radius 3 is 2.88 bits per heavy atom. The van der Waals surface area contributed by atoms with Crippen LogP contribution >= 0.6 is 15.9 Å². The molecule has 1 saturated heterocycles. The molecule has 0 radical (unpaired) electrons. The van der Waals surface area contributed by atoms with Crippen molar-refractivity contribution in [2.45, 2.75) is 52.1 Å². The molecule has 96 valence electrons. The topological polar surface area (TPSA) is 29.9 Å². The number of hydrogen-bond donors (Lipinski definition) is 1. The summed E-state index contributed by atoms with van der Waals surface area (Å²) in [4.78, 5) is 0. The molecule has 0 bridgehead atoms. The van der Waals surface area contributed by atoms with Gasteiger partial charge >= 0.3 is 0 Å². The fourth-order valence-corrected chi connectivity index (χ4v) is 2.90. The van der Waals surface area contributed by atoms with Crippen molar-refractivity contribution in [3.63, 3.8) is 0 Å². The molecular weight excluding hydrogens is 278 g/mol. The molecule has 0 amide bonds. The second-order valence-electron chi connectivity index (χ2n) is 5.47. The summed E-state index contributed by atoms with van der Waals surface area (Å²) < 4.78 is 3.27. The van der Waals surface area contributed by atoms with Crippen LogP contribution < -0.4 is 5.32 Å². The van der Waals surface area contributed by atoms with Crippen LogP contribution in [0.25, 0.3) is 0 Å². The molecule has 1 fully saturated rings. The van der Waals surface area contributed by atoms with Crippen molar-refractivity contribution < 1.29 is 0 Å². The Labute approximate surface area is 112 Å². The van der Waals surface area contributed by atoms with Gasteiger partial charge in [-0.15, -0.1) is 0 Å². The van der Waals surface area contributed by atoms with Gasteiger partial charge in [0, 0.05) is 18.5 Å². The predicted octanol–water partition coefficient (Wildman–Crippen LogP) is 3.16. The molecule has 1 aromatic heterocycles. The Kier molecular flexibility index (Phi) is 4.26. The van der Waals surface area contributed by atoms with Crippen molar-refractivity contribution in [2.24, 2.45) is 5.92 Å². The van der Waals surface area contributed by atoms with Crippen LogP contribution in [0.4, 0.5) is 0 Å². The number of halogens is 1. The highest BCUT2D eigenvalue weighted by molar-refractivity contribution is 9.10. The summed E-state index contributed by atoms with van der Waals surface area (Å²) in [5.41, 5.74) is 1.33. The third-order valence-electron chi connectivity index (χ3n) is 3.54. The van der Waals surface area contributed by atoms with Crippen LogP contribution in [0.5, 0.6) is 0 Å². The minimum atomic E-state index is 0.429. The van der Waals surface area contributed by atoms with Gasteiger partial charge < -0.3 is 5.32 Å². The largest absolute Gasteiger partial charge is 0.313 e. The van der Waals surface area contributed by atoms with E-state index in [4.69, 9.17) is 0 Å². The third-order valence-corrected chi connectivity index (χ3v) is 4.20. The minimum absolute atomic E-state index is 0.429. The number of nitrogens with one attached hydrogen (secondary N) is 1. The highest BCUT2D eigenvalue weighted by Crippen LogP contribution is 2.24. The van der Waals surface area contributed by atoms with Gasteiger partial charge in [0.1, 0.15) is 0 Å². The quantitative estimate of drug-likeness (QED) is 0.929. The molecule has 2 atom stereocenters. The maximum absolute atomic E-state index is 4.44. The van der Waals surface area contributed by atoms with Crippen molar-refractivity contribution in [2.75, 3.05) is 6.54 Å². The second-order valence-corrected chi connectivity index (χ2v) is 6.32. The highest BCUT2D eigenvalue weighted by atomic mass is 79.9. The Bertz CT molecular complexity index is 365. The smallest absolute Gasteiger partial charge is 0.0635 e. The Morgan fingerprint density at radius 2 is 2.29 bits per heavy atom. The fourth-order valence-electron chi connectivity index (χ4n) is 2.47. The van der Waals surface area contributed by atoms with Gasteiger partial charge in [-0.2, -0.15) is 5.10 Å². The average Bonchev–Trinajstić information content (AvgIpc) is 2.64. The molecule has 2 rings (SSSR count). The summed E-state index contributed by atoms with van der Waals surface area (Å²) in [5, 5.41) is 8.08. The Hall–Kier alpha value is -0.350. The van der Waals surface area contributed by atoms with Gasteiger partial charge in [0.2, 0.25) is 0 Å². The average molecular weight is 300 g/mol. The van der Waals surface area contributed by atoms with E-state index in [9.17, 15) is 0 Å². The summed E-state index contributed by atoms with van der Waals surface area (Å²) in [6, 6.07) is 1.04. The van der Waals surface area contributed by atoms with Crippen molar-refractivity contribution in [1.29, 1.82) is 0 Å². The lowest BCUT2D eigenvalue weighted by Crippen LogP contribution is -2.39. The zero-order valence-electron chi connectivity index (χ0n) is 10.9. The van der Waals surface area contributed by atoms with E-state index in [-0.39, 0.29) is 0 Å². The van der Waals surface area contributed by atoms with Crippen LogP contribution in [-0.4, -0.2) is 22.4 Å². The van der Waals surface area contributed by atoms with E-state index in [0.717, 1.165) is 23.4 Å². The van der Waals surface area contributed by atoms with Gasteiger partial charge in [0.15, 0.2) is 0 Å². The van der Waals surface area contributed by atoms with Crippen LogP contribution in [0.2, 0.25) is 0 Å². The fraction of sp³-hybridized carbons (Fsp3) is 0.769. The molecule has 1 aliphatic heterocycles. The van der Waals surface area contributed by atoms with E-state index in [1.54, 1.807) is 0 Å². The van der Waals surface area contributed by atoms with Crippen LogP contribution in [0, 0.1) is 5.92 Å². The molecule has 4 heteroatoms. The lowest BCUT2D eigenvalue weighted by atomic mass is 9.94. The first-order valence-corrected chi connectivity index (χ1v) is 7.32. The van der Waals surface area contributed by atoms with Gasteiger partial charge in [0.05, 0.1) is 16.4 Å². The number of piperidine rings is 1. The zero-order chi connectivity index (χ0) is 12.4. The second kappa shape index (κ2) is 5.53. The summed E-state index contributed by atoms with van der Waals surface area (Å²) in [6.07, 6.45) is 5.61. The summed E-state index contributed by atoms with van der Waals surface area (Å²) in [6.45, 7) is 7.83. The van der Waals surface area contributed by atoms with Crippen molar-refractivity contribution >= 4 is 15.9 Å². The molecule has 0 saturated carbocycles. The van der Waals surface area contributed by atoms with E-state index < -0.39 is 0 Å². The van der Waals surface area contributed by atoms with Gasteiger partial charge in [0.25, 0.3) is 0 Å².